The zero-order valence-electron chi connectivity index (χ0n) is 16.6. The highest BCUT2D eigenvalue weighted by Crippen LogP contribution is 2.24. The lowest BCUT2D eigenvalue weighted by atomic mass is 10.1. The zero-order valence-corrected chi connectivity index (χ0v) is 17.4. The molecule has 32 heavy (non-hydrogen) atoms. The molecule has 0 spiro atoms. The number of nitrogens with zero attached hydrogens (tertiary/aromatic N) is 2. The summed E-state index contributed by atoms with van der Waals surface area (Å²) in [6.45, 7) is 7.22. The molecule has 0 radical (unpaired) electrons. The van der Waals surface area contributed by atoms with E-state index in [1.54, 1.807) is 5.32 Å². The van der Waals surface area contributed by atoms with Gasteiger partial charge in [0, 0.05) is 12.3 Å². The predicted octanol–water partition coefficient (Wildman–Crippen LogP) is 5.19. The summed E-state index contributed by atoms with van der Waals surface area (Å²) in [7, 11) is 0. The number of pyridine rings is 2. The average Bonchev–Trinajstić information content (AvgIpc) is 2.73. The first-order valence-corrected chi connectivity index (χ1v) is 9.45. The number of fused-ring (bicyclic) bond motifs is 1. The lowest BCUT2D eigenvalue weighted by Gasteiger charge is -2.20. The first-order chi connectivity index (χ1) is 15.0. The first-order valence-electron chi connectivity index (χ1n) is 9.07. The molecule has 0 saturated heterocycles. The molecule has 0 saturated carbocycles. The minimum absolute atomic E-state index is 0.0570. The lowest BCUT2D eigenvalue weighted by molar-refractivity contribution is -0.153. The van der Waals surface area contributed by atoms with Gasteiger partial charge >= 0.3 is 6.18 Å². The van der Waals surface area contributed by atoms with Crippen molar-refractivity contribution in [1.29, 1.82) is 0 Å². The Hall–Kier alpha value is -3.27. The Kier molecular flexibility index (Phi) is 7.73. The molecule has 2 aromatic heterocycles. The fourth-order valence-corrected chi connectivity index (χ4v) is 3.00. The molecule has 1 atom stereocenters. The first kappa shape index (κ1) is 25.0. The average molecular weight is 474 g/mol. The van der Waals surface area contributed by atoms with Crippen molar-refractivity contribution in [3.63, 3.8) is 0 Å². The summed E-state index contributed by atoms with van der Waals surface area (Å²) in [4.78, 5) is 29.2. The molecule has 0 aliphatic heterocycles. The van der Waals surface area contributed by atoms with Crippen LogP contribution >= 0.6 is 11.6 Å². The van der Waals surface area contributed by atoms with Crippen LogP contribution in [0.4, 0.5) is 22.0 Å². The summed E-state index contributed by atoms with van der Waals surface area (Å²) < 4.78 is 67.7. The molecule has 1 aromatic carbocycles. The minimum Gasteiger partial charge on any atom is -0.340 e. The summed E-state index contributed by atoms with van der Waals surface area (Å²) >= 11 is 5.85. The largest absolute Gasteiger partial charge is 0.408 e. The van der Waals surface area contributed by atoms with Crippen LogP contribution in [0.2, 0.25) is 5.15 Å². The van der Waals surface area contributed by atoms with Crippen molar-refractivity contribution in [3.8, 4) is 5.69 Å². The number of aromatic nitrogens is 2. The van der Waals surface area contributed by atoms with Gasteiger partial charge in [-0.3, -0.25) is 14.2 Å². The SMILES string of the molecule is C=C.CC[C@H](NC(=O)c1cn(-c2ccc(F)cc2F)c2nc(Cl)ccc2c1=O)C(F)(F)F. The zero-order chi connectivity index (χ0) is 24.2. The summed E-state index contributed by atoms with van der Waals surface area (Å²) in [5.41, 5.74) is -2.02. The third-order valence-corrected chi connectivity index (χ3v) is 4.55. The maximum atomic E-state index is 14.4. The fraction of sp³-hybridized carbons (Fsp3) is 0.190. The fourth-order valence-electron chi connectivity index (χ4n) is 2.85. The van der Waals surface area contributed by atoms with Crippen molar-refractivity contribution in [2.24, 2.45) is 0 Å². The van der Waals surface area contributed by atoms with Gasteiger partial charge in [-0.05, 0) is 30.7 Å². The number of halogens is 6. The van der Waals surface area contributed by atoms with E-state index in [-0.39, 0.29) is 21.9 Å². The summed E-state index contributed by atoms with van der Waals surface area (Å²) in [5, 5.41) is 1.52. The molecule has 170 valence electrons. The van der Waals surface area contributed by atoms with Gasteiger partial charge in [0.05, 0.1) is 11.1 Å². The number of rotatable bonds is 4. The van der Waals surface area contributed by atoms with E-state index in [1.165, 1.54) is 19.1 Å². The molecule has 0 aliphatic carbocycles. The number of amides is 1. The maximum absolute atomic E-state index is 14.4. The molecule has 3 rings (SSSR count). The molecule has 5 nitrogen and oxygen atoms in total. The highest BCUT2D eigenvalue weighted by molar-refractivity contribution is 6.29. The number of carbonyl (C=O) groups is 1. The Labute approximate surface area is 184 Å². The Morgan fingerprint density at radius 3 is 2.44 bits per heavy atom. The maximum Gasteiger partial charge on any atom is 0.408 e. The van der Waals surface area contributed by atoms with Gasteiger partial charge in [0.2, 0.25) is 5.43 Å². The van der Waals surface area contributed by atoms with Crippen molar-refractivity contribution in [2.45, 2.75) is 25.6 Å². The molecule has 1 N–H and O–H groups in total. The second-order valence-corrected chi connectivity index (χ2v) is 6.71. The molecule has 0 fully saturated rings. The van der Waals surface area contributed by atoms with Crippen LogP contribution in [0.1, 0.15) is 23.7 Å². The summed E-state index contributed by atoms with van der Waals surface area (Å²) in [6, 6.07) is 2.80. The van der Waals surface area contributed by atoms with E-state index < -0.39 is 47.2 Å². The quantitative estimate of drug-likeness (QED) is 0.322. The van der Waals surface area contributed by atoms with Crippen LogP contribution in [-0.2, 0) is 0 Å². The molecular formula is C21H17ClF5N3O2. The third-order valence-electron chi connectivity index (χ3n) is 4.34. The highest BCUT2D eigenvalue weighted by Gasteiger charge is 2.39. The van der Waals surface area contributed by atoms with Crippen molar-refractivity contribution in [2.75, 3.05) is 0 Å². The van der Waals surface area contributed by atoms with Crippen molar-refractivity contribution in [1.82, 2.24) is 14.9 Å². The smallest absolute Gasteiger partial charge is 0.340 e. The third kappa shape index (κ3) is 5.13. The van der Waals surface area contributed by atoms with Crippen molar-refractivity contribution < 1.29 is 26.7 Å². The molecule has 1 amide bonds. The monoisotopic (exact) mass is 473 g/mol. The van der Waals surface area contributed by atoms with Gasteiger partial charge in [-0.25, -0.2) is 13.8 Å². The number of hydrogen-bond acceptors (Lipinski definition) is 3. The van der Waals surface area contributed by atoms with Crippen LogP contribution in [0.3, 0.4) is 0 Å². The van der Waals surface area contributed by atoms with Crippen LogP contribution in [-0.4, -0.2) is 27.7 Å². The second kappa shape index (κ2) is 9.90. The van der Waals surface area contributed by atoms with E-state index >= 15 is 0 Å². The molecule has 11 heteroatoms. The minimum atomic E-state index is -4.72. The van der Waals surface area contributed by atoms with Crippen molar-refractivity contribution in [3.05, 3.63) is 82.3 Å². The summed E-state index contributed by atoms with van der Waals surface area (Å²) in [5.74, 6) is -3.21. The highest BCUT2D eigenvalue weighted by atomic mass is 35.5. The number of benzene rings is 1. The molecule has 3 aromatic rings. The van der Waals surface area contributed by atoms with Gasteiger partial charge in [-0.2, -0.15) is 13.2 Å². The van der Waals surface area contributed by atoms with Crippen LogP contribution in [0.25, 0.3) is 16.7 Å². The number of nitrogens with one attached hydrogen (secondary N) is 1. The summed E-state index contributed by atoms with van der Waals surface area (Å²) in [6.07, 6.45) is -4.33. The molecular weight excluding hydrogens is 457 g/mol. The van der Waals surface area contributed by atoms with Gasteiger partial charge in [0.1, 0.15) is 34.0 Å². The van der Waals surface area contributed by atoms with E-state index in [0.29, 0.717) is 6.07 Å². The second-order valence-electron chi connectivity index (χ2n) is 6.32. The van der Waals surface area contributed by atoms with Crippen LogP contribution in [0, 0.1) is 11.6 Å². The van der Waals surface area contributed by atoms with Gasteiger partial charge in [0.25, 0.3) is 5.91 Å². The van der Waals surface area contributed by atoms with E-state index in [9.17, 15) is 31.5 Å². The Morgan fingerprint density at radius 2 is 1.88 bits per heavy atom. The Bertz CT molecular complexity index is 1210. The Morgan fingerprint density at radius 1 is 1.22 bits per heavy atom. The van der Waals surface area contributed by atoms with Crippen LogP contribution in [0.5, 0.6) is 0 Å². The topological polar surface area (TPSA) is 64.0 Å². The predicted molar refractivity (Wildman–Crippen MR) is 111 cm³/mol. The van der Waals surface area contributed by atoms with Crippen LogP contribution in [0.15, 0.2) is 54.5 Å². The van der Waals surface area contributed by atoms with Crippen LogP contribution < -0.4 is 10.7 Å². The number of carbonyl (C=O) groups excluding carboxylic acids is 1. The van der Waals surface area contributed by atoms with Crippen molar-refractivity contribution >= 4 is 28.5 Å². The lowest BCUT2D eigenvalue weighted by Crippen LogP contribution is -2.46. The standard InChI is InChI=1S/C19H13ClF5N3O2.C2H4/c1-2-14(19(23,24)25)26-18(30)11-8-28(13-5-3-9(21)7-12(13)22)17-10(16(11)29)4-6-15(20)27-17;1-2/h3-8,14H,2H2,1H3,(H,26,30);1-2H2/t14-;/m0./s1. The van der Waals surface area contributed by atoms with Gasteiger partial charge in [-0.15, -0.1) is 13.2 Å². The Balaban J connectivity index is 0.00000176. The van der Waals surface area contributed by atoms with Gasteiger partial charge < -0.3 is 5.32 Å². The molecule has 0 aliphatic rings. The number of alkyl halides is 3. The van der Waals surface area contributed by atoms with E-state index in [1.807, 2.05) is 0 Å². The van der Waals surface area contributed by atoms with Gasteiger partial charge in [-0.1, -0.05) is 18.5 Å². The normalized spacial score (nSPS) is 12.1. The van der Waals surface area contributed by atoms with E-state index in [0.717, 1.165) is 22.9 Å². The van der Waals surface area contributed by atoms with E-state index in [2.05, 4.69) is 18.1 Å². The van der Waals surface area contributed by atoms with E-state index in [4.69, 9.17) is 11.6 Å². The molecule has 0 unspecified atom stereocenters. The molecule has 2 heterocycles. The number of hydrogen-bond donors (Lipinski definition) is 1. The van der Waals surface area contributed by atoms with Gasteiger partial charge in [0.15, 0.2) is 0 Å². The molecule has 0 bridgehead atoms.